The summed E-state index contributed by atoms with van der Waals surface area (Å²) in [7, 11) is 0. The fourth-order valence-electron chi connectivity index (χ4n) is 4.36. The number of benzene rings is 2. The van der Waals surface area contributed by atoms with Crippen molar-refractivity contribution in [1.82, 2.24) is 4.57 Å². The fourth-order valence-corrected chi connectivity index (χ4v) is 4.68. The van der Waals surface area contributed by atoms with Crippen LogP contribution in [0.2, 0.25) is 5.02 Å². The largest absolute Gasteiger partial charge is 0.491 e. The molecule has 1 fully saturated rings. The quantitative estimate of drug-likeness (QED) is 0.501. The van der Waals surface area contributed by atoms with E-state index in [4.69, 9.17) is 16.3 Å². The van der Waals surface area contributed by atoms with Crippen molar-refractivity contribution in [1.29, 1.82) is 0 Å². The normalized spacial score (nSPS) is 15.2. The maximum absolute atomic E-state index is 12.1. The monoisotopic (exact) mass is 411 g/mol. The third-order valence-electron chi connectivity index (χ3n) is 5.68. The number of ether oxygens (including phenoxy) is 1. The van der Waals surface area contributed by atoms with Crippen LogP contribution in [0, 0.1) is 0 Å². The number of fused-ring (bicyclic) bond motifs is 1. The Morgan fingerprint density at radius 2 is 1.79 bits per heavy atom. The van der Waals surface area contributed by atoms with Crippen LogP contribution in [-0.2, 0) is 0 Å². The highest BCUT2D eigenvalue weighted by molar-refractivity contribution is 6.38. The van der Waals surface area contributed by atoms with Crippen molar-refractivity contribution >= 4 is 28.5 Å². The van der Waals surface area contributed by atoms with Gasteiger partial charge >= 0.3 is 5.97 Å². The summed E-state index contributed by atoms with van der Waals surface area (Å²) in [6.07, 6.45) is 6.26. The number of aromatic carboxylic acids is 1. The van der Waals surface area contributed by atoms with E-state index in [9.17, 15) is 9.90 Å². The van der Waals surface area contributed by atoms with Crippen LogP contribution in [0.5, 0.6) is 5.75 Å². The maximum Gasteiger partial charge on any atom is 0.354 e. The van der Waals surface area contributed by atoms with Gasteiger partial charge in [-0.2, -0.15) is 0 Å². The topological polar surface area (TPSA) is 51.5 Å². The van der Waals surface area contributed by atoms with E-state index >= 15 is 0 Å². The van der Waals surface area contributed by atoms with Gasteiger partial charge in [0, 0.05) is 11.1 Å². The van der Waals surface area contributed by atoms with E-state index in [0.717, 1.165) is 22.3 Å². The summed E-state index contributed by atoms with van der Waals surface area (Å²) >= 11 is 6.59. The van der Waals surface area contributed by atoms with Gasteiger partial charge in [-0.05, 0) is 74.6 Å². The van der Waals surface area contributed by atoms with E-state index in [-0.39, 0.29) is 11.8 Å². The third kappa shape index (κ3) is 3.86. The first-order chi connectivity index (χ1) is 14.0. The number of hydrogen-bond acceptors (Lipinski definition) is 2. The van der Waals surface area contributed by atoms with Gasteiger partial charge < -0.3 is 14.4 Å². The molecule has 1 aromatic heterocycles. The zero-order valence-electron chi connectivity index (χ0n) is 16.8. The first kappa shape index (κ1) is 19.8. The molecule has 152 valence electrons. The molecule has 0 amide bonds. The summed E-state index contributed by atoms with van der Waals surface area (Å²) in [4.78, 5) is 12.1. The van der Waals surface area contributed by atoms with E-state index < -0.39 is 5.97 Å². The first-order valence-electron chi connectivity index (χ1n) is 10.3. The number of carboxylic acid groups (broad SMARTS) is 1. The van der Waals surface area contributed by atoms with E-state index in [1.807, 2.05) is 44.2 Å². The molecule has 1 aliphatic rings. The van der Waals surface area contributed by atoms with Crippen molar-refractivity contribution in [3.63, 3.8) is 0 Å². The summed E-state index contributed by atoms with van der Waals surface area (Å²) in [5.74, 6) is 0.254. The summed E-state index contributed by atoms with van der Waals surface area (Å²) in [5.41, 5.74) is 2.92. The minimum atomic E-state index is -1.03. The molecule has 2 aromatic carbocycles. The predicted octanol–water partition coefficient (Wildman–Crippen LogP) is 6.82. The molecule has 0 aliphatic heterocycles. The smallest absolute Gasteiger partial charge is 0.354 e. The van der Waals surface area contributed by atoms with Gasteiger partial charge in [0.15, 0.2) is 5.69 Å². The minimum absolute atomic E-state index is 0.0792. The van der Waals surface area contributed by atoms with Crippen LogP contribution in [-0.4, -0.2) is 21.7 Å². The molecule has 1 aliphatic carbocycles. The lowest BCUT2D eigenvalue weighted by Gasteiger charge is -2.22. The molecule has 1 heterocycles. The molecule has 29 heavy (non-hydrogen) atoms. The average Bonchev–Trinajstić information content (AvgIpc) is 3.01. The third-order valence-corrected chi connectivity index (χ3v) is 6.06. The molecular formula is C24H26ClNO3. The van der Waals surface area contributed by atoms with Crippen LogP contribution in [0.25, 0.3) is 16.6 Å². The first-order valence-corrected chi connectivity index (χ1v) is 10.7. The Morgan fingerprint density at radius 1 is 1.10 bits per heavy atom. The lowest BCUT2D eigenvalue weighted by atomic mass is 9.84. The molecule has 0 radical (unpaired) electrons. The number of nitrogens with zero attached hydrogens (tertiary/aromatic N) is 1. The second-order valence-electron chi connectivity index (χ2n) is 8.08. The van der Waals surface area contributed by atoms with E-state index in [0.29, 0.717) is 10.9 Å². The van der Waals surface area contributed by atoms with Gasteiger partial charge in [0.2, 0.25) is 0 Å². The van der Waals surface area contributed by atoms with Gasteiger partial charge in [-0.3, -0.25) is 0 Å². The summed E-state index contributed by atoms with van der Waals surface area (Å²) in [5, 5.41) is 11.0. The molecule has 0 atom stereocenters. The summed E-state index contributed by atoms with van der Waals surface area (Å²) in [6, 6.07) is 13.7. The lowest BCUT2D eigenvalue weighted by molar-refractivity contribution is 0.0689. The molecule has 1 saturated carbocycles. The highest BCUT2D eigenvalue weighted by atomic mass is 35.5. The Balaban J connectivity index is 1.82. The Hall–Kier alpha value is -2.46. The Labute approximate surface area is 176 Å². The lowest BCUT2D eigenvalue weighted by Crippen LogP contribution is -2.08. The van der Waals surface area contributed by atoms with Crippen LogP contribution in [0.4, 0.5) is 0 Å². The number of aromatic nitrogens is 1. The zero-order valence-corrected chi connectivity index (χ0v) is 17.6. The van der Waals surface area contributed by atoms with Crippen LogP contribution < -0.4 is 4.74 Å². The van der Waals surface area contributed by atoms with Gasteiger partial charge in [-0.1, -0.05) is 36.9 Å². The molecule has 0 spiro atoms. The Morgan fingerprint density at radius 3 is 2.41 bits per heavy atom. The van der Waals surface area contributed by atoms with Crippen molar-refractivity contribution in [2.24, 2.45) is 0 Å². The zero-order chi connectivity index (χ0) is 20.5. The van der Waals surface area contributed by atoms with Crippen molar-refractivity contribution in [2.75, 3.05) is 0 Å². The number of hydrogen-bond donors (Lipinski definition) is 1. The van der Waals surface area contributed by atoms with Gasteiger partial charge in [-0.15, -0.1) is 0 Å². The Bertz CT molecular complexity index is 1030. The highest BCUT2D eigenvalue weighted by Crippen LogP contribution is 2.38. The van der Waals surface area contributed by atoms with Gasteiger partial charge in [0.25, 0.3) is 0 Å². The van der Waals surface area contributed by atoms with E-state index in [1.165, 1.54) is 37.7 Å². The van der Waals surface area contributed by atoms with Crippen molar-refractivity contribution in [3.05, 3.63) is 58.7 Å². The minimum Gasteiger partial charge on any atom is -0.491 e. The predicted molar refractivity (Wildman–Crippen MR) is 117 cm³/mol. The fraction of sp³-hybridized carbons (Fsp3) is 0.375. The molecular weight excluding hydrogens is 386 g/mol. The van der Waals surface area contributed by atoms with Crippen LogP contribution >= 0.6 is 11.6 Å². The molecule has 0 unspecified atom stereocenters. The average molecular weight is 412 g/mol. The molecule has 4 nitrogen and oxygen atoms in total. The Kier molecular flexibility index (Phi) is 5.55. The maximum atomic E-state index is 12.1. The SMILES string of the molecule is CC(C)Oc1ccc(-n2c(C(=O)O)c(Cl)c3cc(C4CCCCC4)ccc32)cc1. The molecule has 1 N–H and O–H groups in total. The van der Waals surface area contributed by atoms with Gasteiger partial charge in [0.1, 0.15) is 5.75 Å². The number of carbonyl (C=O) groups is 1. The number of carboxylic acids is 1. The highest BCUT2D eigenvalue weighted by Gasteiger charge is 2.24. The van der Waals surface area contributed by atoms with E-state index in [2.05, 4.69) is 12.1 Å². The second-order valence-corrected chi connectivity index (χ2v) is 8.45. The van der Waals surface area contributed by atoms with Gasteiger partial charge in [-0.25, -0.2) is 4.79 Å². The molecule has 5 heteroatoms. The molecule has 0 bridgehead atoms. The molecule has 3 aromatic rings. The van der Waals surface area contributed by atoms with E-state index in [1.54, 1.807) is 4.57 Å². The summed E-state index contributed by atoms with van der Waals surface area (Å²) in [6.45, 7) is 3.94. The number of halogens is 1. The van der Waals surface area contributed by atoms with Crippen molar-refractivity contribution < 1.29 is 14.6 Å². The second kappa shape index (κ2) is 8.11. The van der Waals surface area contributed by atoms with Crippen LogP contribution in [0.1, 0.15) is 67.9 Å². The molecule has 0 saturated heterocycles. The number of rotatable bonds is 5. The van der Waals surface area contributed by atoms with Crippen LogP contribution in [0.3, 0.4) is 0 Å². The molecule has 4 rings (SSSR count). The van der Waals surface area contributed by atoms with Gasteiger partial charge in [0.05, 0.1) is 16.6 Å². The standard InChI is InChI=1S/C24H26ClNO3/c1-15(2)29-19-11-9-18(10-12-19)26-21-13-8-17(16-6-4-3-5-7-16)14-20(21)22(25)23(26)24(27)28/h8-16H,3-7H2,1-2H3,(H,27,28). The van der Waals surface area contributed by atoms with Crippen LogP contribution in [0.15, 0.2) is 42.5 Å². The van der Waals surface area contributed by atoms with Crippen molar-refractivity contribution in [3.8, 4) is 11.4 Å². The summed E-state index contributed by atoms with van der Waals surface area (Å²) < 4.78 is 7.43. The van der Waals surface area contributed by atoms with Crippen molar-refractivity contribution in [2.45, 2.75) is 58.0 Å².